The topological polar surface area (TPSA) is 32.7 Å². The number of aliphatic hydroxyl groups excluding tert-OH is 1. The maximum absolute atomic E-state index is 11.0. The highest BCUT2D eigenvalue weighted by atomic mass is 16.5. The standard InChI is InChI=1S/C35H57NO2/c1-24(36-19-21-38-22-20-36)35-17-15-30(2,3)23-26(35)25-9-10-28-32(6)13-12-29(37)31(4,5)27(32)11-14-34(28,8)33(25,7)16-18-35/h9,26-29,37H,1,10-23H2,2-8H3/t26-,27-,28+,29-,32-,33+,34+,35+/m0/s1. The fourth-order valence-corrected chi connectivity index (χ4v) is 11.9. The lowest BCUT2D eigenvalue weighted by atomic mass is 9.33. The van der Waals surface area contributed by atoms with E-state index in [0.717, 1.165) is 32.7 Å². The predicted octanol–water partition coefficient (Wildman–Crippen LogP) is 7.99. The van der Waals surface area contributed by atoms with Gasteiger partial charge >= 0.3 is 0 Å². The van der Waals surface area contributed by atoms with E-state index in [4.69, 9.17) is 11.3 Å². The maximum atomic E-state index is 11.0. The number of aliphatic hydroxyl groups is 1. The van der Waals surface area contributed by atoms with Crippen LogP contribution in [-0.2, 0) is 4.74 Å². The van der Waals surface area contributed by atoms with Crippen molar-refractivity contribution in [2.45, 2.75) is 119 Å². The molecule has 3 nitrogen and oxygen atoms in total. The van der Waals surface area contributed by atoms with Crippen molar-refractivity contribution in [1.82, 2.24) is 4.90 Å². The molecule has 214 valence electrons. The molecule has 8 atom stereocenters. The number of hydrogen-bond donors (Lipinski definition) is 1. The summed E-state index contributed by atoms with van der Waals surface area (Å²) in [5, 5.41) is 11.0. The van der Waals surface area contributed by atoms with Crippen LogP contribution >= 0.6 is 0 Å². The summed E-state index contributed by atoms with van der Waals surface area (Å²) in [6.07, 6.45) is 15.1. The molecular formula is C35H57NO2. The van der Waals surface area contributed by atoms with Crippen LogP contribution in [0.4, 0.5) is 0 Å². The van der Waals surface area contributed by atoms with Gasteiger partial charge in [-0.2, -0.15) is 0 Å². The zero-order chi connectivity index (χ0) is 27.4. The first-order valence-electron chi connectivity index (χ1n) is 16.1. The van der Waals surface area contributed by atoms with E-state index in [9.17, 15) is 5.11 Å². The lowest BCUT2D eigenvalue weighted by Gasteiger charge is -2.71. The van der Waals surface area contributed by atoms with E-state index < -0.39 is 0 Å². The van der Waals surface area contributed by atoms with Gasteiger partial charge in [-0.05, 0) is 109 Å². The highest BCUT2D eigenvalue weighted by Gasteiger charge is 2.68. The molecule has 6 rings (SSSR count). The summed E-state index contributed by atoms with van der Waals surface area (Å²) in [5.41, 5.74) is 4.80. The minimum Gasteiger partial charge on any atom is -0.393 e. The third-order valence-electron chi connectivity index (χ3n) is 14.6. The van der Waals surface area contributed by atoms with Crippen LogP contribution < -0.4 is 0 Å². The fraction of sp³-hybridized carbons (Fsp3) is 0.886. The Morgan fingerprint density at radius 3 is 2.29 bits per heavy atom. The zero-order valence-corrected chi connectivity index (χ0v) is 25.8. The van der Waals surface area contributed by atoms with Crippen molar-refractivity contribution in [1.29, 1.82) is 0 Å². The quantitative estimate of drug-likeness (QED) is 0.372. The van der Waals surface area contributed by atoms with Gasteiger partial charge in [0.05, 0.1) is 19.3 Å². The highest BCUT2D eigenvalue weighted by molar-refractivity contribution is 5.37. The van der Waals surface area contributed by atoms with Crippen LogP contribution in [0.15, 0.2) is 23.9 Å². The Labute approximate surface area is 233 Å². The van der Waals surface area contributed by atoms with Crippen LogP contribution in [0.25, 0.3) is 0 Å². The Kier molecular flexibility index (Phi) is 6.20. The number of allylic oxidation sites excluding steroid dienone is 3. The van der Waals surface area contributed by atoms with Crippen molar-refractivity contribution in [3.05, 3.63) is 23.9 Å². The largest absolute Gasteiger partial charge is 0.393 e. The van der Waals surface area contributed by atoms with Crippen LogP contribution in [-0.4, -0.2) is 42.4 Å². The van der Waals surface area contributed by atoms with Gasteiger partial charge in [-0.25, -0.2) is 0 Å². The van der Waals surface area contributed by atoms with Gasteiger partial charge in [-0.1, -0.05) is 66.7 Å². The van der Waals surface area contributed by atoms with E-state index in [-0.39, 0.29) is 22.3 Å². The molecule has 3 heteroatoms. The van der Waals surface area contributed by atoms with E-state index in [0.29, 0.717) is 34.0 Å². The van der Waals surface area contributed by atoms with Crippen molar-refractivity contribution in [2.24, 2.45) is 50.2 Å². The van der Waals surface area contributed by atoms with Crippen molar-refractivity contribution in [3.8, 4) is 0 Å². The molecule has 1 saturated heterocycles. The third-order valence-corrected chi connectivity index (χ3v) is 14.6. The van der Waals surface area contributed by atoms with Crippen LogP contribution in [0.3, 0.4) is 0 Å². The molecule has 0 radical (unpaired) electrons. The van der Waals surface area contributed by atoms with Gasteiger partial charge in [0, 0.05) is 24.2 Å². The molecule has 6 aliphatic rings. The lowest BCUT2D eigenvalue weighted by Crippen LogP contribution is -2.65. The average molecular weight is 524 g/mol. The smallest absolute Gasteiger partial charge is 0.0642 e. The van der Waals surface area contributed by atoms with E-state index in [1.54, 1.807) is 0 Å². The minimum atomic E-state index is -0.152. The summed E-state index contributed by atoms with van der Waals surface area (Å²) in [7, 11) is 0. The molecule has 1 heterocycles. The summed E-state index contributed by atoms with van der Waals surface area (Å²) in [6.45, 7) is 26.4. The first kappa shape index (κ1) is 27.4. The normalized spacial score (nSPS) is 49.6. The van der Waals surface area contributed by atoms with Crippen LogP contribution in [0.2, 0.25) is 0 Å². The Morgan fingerprint density at radius 1 is 0.895 bits per heavy atom. The van der Waals surface area contributed by atoms with E-state index in [1.165, 1.54) is 63.5 Å². The van der Waals surface area contributed by atoms with Gasteiger partial charge in [0.25, 0.3) is 0 Å². The molecule has 0 aromatic rings. The maximum Gasteiger partial charge on any atom is 0.0642 e. The Morgan fingerprint density at radius 2 is 1.58 bits per heavy atom. The zero-order valence-electron chi connectivity index (χ0n) is 25.8. The Hall–Kier alpha value is -0.800. The molecule has 1 N–H and O–H groups in total. The third kappa shape index (κ3) is 3.52. The number of fused-ring (bicyclic) bond motifs is 7. The van der Waals surface area contributed by atoms with E-state index in [2.05, 4.69) is 59.4 Å². The lowest BCUT2D eigenvalue weighted by molar-refractivity contribution is -0.202. The molecule has 0 bridgehead atoms. The monoisotopic (exact) mass is 523 g/mol. The molecule has 0 aromatic heterocycles. The van der Waals surface area contributed by atoms with Gasteiger partial charge in [-0.3, -0.25) is 0 Å². The summed E-state index contributed by atoms with van der Waals surface area (Å²) in [4.78, 5) is 2.60. The van der Waals surface area contributed by atoms with Crippen molar-refractivity contribution in [3.63, 3.8) is 0 Å². The summed E-state index contributed by atoms with van der Waals surface area (Å²) in [6, 6.07) is 0. The minimum absolute atomic E-state index is 0.0181. The molecule has 5 fully saturated rings. The number of morpholine rings is 1. The van der Waals surface area contributed by atoms with Gasteiger partial charge in [0.2, 0.25) is 0 Å². The summed E-state index contributed by atoms with van der Waals surface area (Å²) < 4.78 is 5.74. The second kappa shape index (κ2) is 8.60. The van der Waals surface area contributed by atoms with E-state index in [1.807, 2.05) is 5.57 Å². The summed E-state index contributed by atoms with van der Waals surface area (Å²) >= 11 is 0. The second-order valence-electron chi connectivity index (χ2n) is 16.8. The molecule has 0 unspecified atom stereocenters. The van der Waals surface area contributed by atoms with Gasteiger partial charge in [0.15, 0.2) is 0 Å². The first-order valence-corrected chi connectivity index (χ1v) is 16.1. The summed E-state index contributed by atoms with van der Waals surface area (Å²) in [5.74, 6) is 1.95. The Balaban J connectivity index is 1.41. The average Bonchev–Trinajstić information content (AvgIpc) is 2.87. The SMILES string of the molecule is C=C(N1CCOCC1)[C@]12CCC(C)(C)C[C@H]1C1=CC[C@@H]3[C@@]4(C)CC[C@H](O)C(C)(C)[C@@H]4CC[C@@]3(C)[C@]1(C)CC2. The molecule has 1 aliphatic heterocycles. The fourth-order valence-electron chi connectivity index (χ4n) is 11.9. The number of nitrogens with zero attached hydrogens (tertiary/aromatic N) is 1. The van der Waals surface area contributed by atoms with Crippen LogP contribution in [0.1, 0.15) is 113 Å². The highest BCUT2D eigenvalue weighted by Crippen LogP contribution is 2.76. The van der Waals surface area contributed by atoms with Gasteiger partial charge in [0.1, 0.15) is 0 Å². The van der Waals surface area contributed by atoms with Crippen molar-refractivity contribution >= 4 is 0 Å². The molecule has 0 spiro atoms. The van der Waals surface area contributed by atoms with Crippen molar-refractivity contribution < 1.29 is 9.84 Å². The molecular weight excluding hydrogens is 466 g/mol. The molecule has 0 aromatic carbocycles. The molecule has 5 aliphatic carbocycles. The van der Waals surface area contributed by atoms with Gasteiger partial charge in [-0.15, -0.1) is 0 Å². The first-order chi connectivity index (χ1) is 17.7. The van der Waals surface area contributed by atoms with E-state index >= 15 is 0 Å². The second-order valence-corrected chi connectivity index (χ2v) is 16.8. The molecule has 4 saturated carbocycles. The number of hydrogen-bond acceptors (Lipinski definition) is 3. The number of rotatable bonds is 2. The van der Waals surface area contributed by atoms with Crippen LogP contribution in [0, 0.1) is 50.2 Å². The molecule has 0 amide bonds. The molecule has 38 heavy (non-hydrogen) atoms. The van der Waals surface area contributed by atoms with Crippen LogP contribution in [0.5, 0.6) is 0 Å². The number of ether oxygens (including phenoxy) is 1. The predicted molar refractivity (Wildman–Crippen MR) is 157 cm³/mol. The van der Waals surface area contributed by atoms with Gasteiger partial charge < -0.3 is 14.7 Å². The Bertz CT molecular complexity index is 1010. The van der Waals surface area contributed by atoms with Crippen molar-refractivity contribution in [2.75, 3.05) is 26.3 Å².